The molecule has 1 aromatic carbocycles. The van der Waals surface area contributed by atoms with Crippen LogP contribution in [0, 0.1) is 11.6 Å². The molecule has 0 bridgehead atoms. The molecule has 19 heavy (non-hydrogen) atoms. The van der Waals surface area contributed by atoms with Crippen molar-refractivity contribution >= 4 is 11.9 Å². The van der Waals surface area contributed by atoms with E-state index in [9.17, 15) is 18.4 Å². The monoisotopic (exact) mass is 271 g/mol. The van der Waals surface area contributed by atoms with Gasteiger partial charge in [-0.05, 0) is 24.5 Å². The molecular weight excluding hydrogens is 256 g/mol. The lowest BCUT2D eigenvalue weighted by molar-refractivity contribution is -0.141. The van der Waals surface area contributed by atoms with Gasteiger partial charge in [-0.2, -0.15) is 0 Å². The summed E-state index contributed by atoms with van der Waals surface area (Å²) in [5, 5.41) is 10.9. The van der Waals surface area contributed by atoms with Crippen LogP contribution in [0.1, 0.15) is 31.7 Å². The number of carboxylic acid groups (broad SMARTS) is 1. The number of hydrogen-bond donors (Lipinski definition) is 2. The minimum atomic E-state index is -1.14. The van der Waals surface area contributed by atoms with E-state index >= 15 is 0 Å². The lowest BCUT2D eigenvalue weighted by atomic mass is 9.96. The van der Waals surface area contributed by atoms with Crippen LogP contribution in [-0.2, 0) is 9.59 Å². The zero-order chi connectivity index (χ0) is 14.6. The first kappa shape index (κ1) is 15.1. The van der Waals surface area contributed by atoms with Crippen LogP contribution in [0.25, 0.3) is 0 Å². The Morgan fingerprint density at radius 2 is 1.95 bits per heavy atom. The van der Waals surface area contributed by atoms with Crippen LogP contribution in [0.5, 0.6) is 0 Å². The van der Waals surface area contributed by atoms with Crippen LogP contribution in [0.15, 0.2) is 18.2 Å². The molecule has 0 aliphatic carbocycles. The number of halogens is 2. The minimum Gasteiger partial charge on any atom is -0.480 e. The van der Waals surface area contributed by atoms with Gasteiger partial charge in [0, 0.05) is 12.5 Å². The fourth-order valence-corrected chi connectivity index (χ4v) is 1.65. The zero-order valence-corrected chi connectivity index (χ0v) is 10.6. The predicted molar refractivity (Wildman–Crippen MR) is 64.6 cm³/mol. The first-order chi connectivity index (χ1) is 8.81. The largest absolute Gasteiger partial charge is 0.480 e. The molecule has 0 fully saturated rings. The highest BCUT2D eigenvalue weighted by Gasteiger charge is 2.18. The topological polar surface area (TPSA) is 66.4 Å². The van der Waals surface area contributed by atoms with Crippen molar-refractivity contribution in [1.29, 1.82) is 0 Å². The van der Waals surface area contributed by atoms with E-state index in [1.165, 1.54) is 13.0 Å². The van der Waals surface area contributed by atoms with E-state index in [4.69, 9.17) is 5.11 Å². The molecule has 104 valence electrons. The fraction of sp³-hybridized carbons (Fsp3) is 0.385. The Labute approximate surface area is 109 Å². The number of aliphatic carboxylic acids is 1. The normalized spacial score (nSPS) is 13.7. The third-order valence-electron chi connectivity index (χ3n) is 2.73. The molecule has 2 atom stereocenters. The van der Waals surface area contributed by atoms with Crippen LogP contribution in [0.3, 0.4) is 0 Å². The van der Waals surface area contributed by atoms with Crippen molar-refractivity contribution in [3.63, 3.8) is 0 Å². The molecule has 0 aromatic heterocycles. The summed E-state index contributed by atoms with van der Waals surface area (Å²) >= 11 is 0. The second-order valence-electron chi connectivity index (χ2n) is 4.40. The summed E-state index contributed by atoms with van der Waals surface area (Å²) < 4.78 is 26.2. The van der Waals surface area contributed by atoms with E-state index in [0.717, 1.165) is 12.1 Å². The van der Waals surface area contributed by atoms with Gasteiger partial charge in [0.05, 0.1) is 0 Å². The molecule has 0 saturated carbocycles. The van der Waals surface area contributed by atoms with Gasteiger partial charge in [0.1, 0.15) is 17.7 Å². The summed E-state index contributed by atoms with van der Waals surface area (Å²) in [6, 6.07) is 2.15. The summed E-state index contributed by atoms with van der Waals surface area (Å²) in [7, 11) is 0. The highest BCUT2D eigenvalue weighted by atomic mass is 19.1. The first-order valence-electron chi connectivity index (χ1n) is 5.78. The van der Waals surface area contributed by atoms with E-state index in [2.05, 4.69) is 5.32 Å². The lowest BCUT2D eigenvalue weighted by Gasteiger charge is -2.14. The van der Waals surface area contributed by atoms with Gasteiger partial charge in [-0.25, -0.2) is 8.78 Å². The van der Waals surface area contributed by atoms with Gasteiger partial charge in [0.15, 0.2) is 0 Å². The maximum absolute atomic E-state index is 13.5. The van der Waals surface area contributed by atoms with Crippen LogP contribution in [0.4, 0.5) is 8.78 Å². The van der Waals surface area contributed by atoms with Crippen molar-refractivity contribution < 1.29 is 23.5 Å². The summed E-state index contributed by atoms with van der Waals surface area (Å²) in [4.78, 5) is 22.1. The smallest absolute Gasteiger partial charge is 0.325 e. The van der Waals surface area contributed by atoms with Crippen molar-refractivity contribution in [3.05, 3.63) is 35.4 Å². The number of benzene rings is 1. The molecule has 1 unspecified atom stereocenters. The number of carbonyl (C=O) groups excluding carboxylic acids is 1. The van der Waals surface area contributed by atoms with E-state index in [0.29, 0.717) is 0 Å². The van der Waals surface area contributed by atoms with Crippen LogP contribution < -0.4 is 5.32 Å². The van der Waals surface area contributed by atoms with Crippen LogP contribution >= 0.6 is 0 Å². The Bertz CT molecular complexity index is 491. The predicted octanol–water partition coefficient (Wildman–Crippen LogP) is 2.05. The molecule has 2 N–H and O–H groups in total. The molecule has 0 spiro atoms. The molecule has 1 amide bonds. The molecule has 0 aliphatic rings. The van der Waals surface area contributed by atoms with Gasteiger partial charge < -0.3 is 10.4 Å². The molecule has 1 rings (SSSR count). The van der Waals surface area contributed by atoms with Gasteiger partial charge in [0.2, 0.25) is 5.91 Å². The van der Waals surface area contributed by atoms with Gasteiger partial charge in [0.25, 0.3) is 0 Å². The maximum atomic E-state index is 13.5. The molecule has 0 aliphatic heterocycles. The second-order valence-corrected chi connectivity index (χ2v) is 4.40. The van der Waals surface area contributed by atoms with E-state index < -0.39 is 35.5 Å². The van der Waals surface area contributed by atoms with Crippen molar-refractivity contribution in [1.82, 2.24) is 5.32 Å². The number of rotatable bonds is 5. The van der Waals surface area contributed by atoms with E-state index in [-0.39, 0.29) is 12.0 Å². The molecule has 0 radical (unpaired) electrons. The van der Waals surface area contributed by atoms with Gasteiger partial charge in [-0.1, -0.05) is 13.0 Å². The van der Waals surface area contributed by atoms with E-state index in [1.54, 1.807) is 6.92 Å². The Balaban J connectivity index is 2.66. The van der Waals surface area contributed by atoms with Crippen LogP contribution in [-0.4, -0.2) is 23.0 Å². The van der Waals surface area contributed by atoms with E-state index in [1.807, 2.05) is 0 Å². The summed E-state index contributed by atoms with van der Waals surface area (Å²) in [5.41, 5.74) is 0.222. The minimum absolute atomic E-state index is 0.0693. The van der Waals surface area contributed by atoms with Gasteiger partial charge in [-0.15, -0.1) is 0 Å². The first-order valence-corrected chi connectivity index (χ1v) is 5.78. The Kier molecular flexibility index (Phi) is 4.97. The number of hydrogen-bond acceptors (Lipinski definition) is 2. The maximum Gasteiger partial charge on any atom is 0.325 e. The molecular formula is C13H15F2NO3. The standard InChI is InChI=1S/C13H15F2NO3/c1-7(5-12(17)16-8(2)13(18)19)10-4-3-9(14)6-11(10)15/h3-4,6-8H,5H2,1-2H3,(H,16,17)(H,18,19)/t7?,8-/m1/s1. The van der Waals surface area contributed by atoms with Crippen molar-refractivity contribution in [3.8, 4) is 0 Å². The SMILES string of the molecule is CC(CC(=O)N[C@H](C)C(=O)O)c1ccc(F)cc1F. The molecule has 1 aromatic rings. The van der Waals surface area contributed by atoms with Gasteiger partial charge in [-0.3, -0.25) is 9.59 Å². The average Bonchev–Trinajstić information content (AvgIpc) is 2.27. The number of nitrogens with one attached hydrogen (secondary N) is 1. The molecule has 6 heteroatoms. The third-order valence-corrected chi connectivity index (χ3v) is 2.73. The van der Waals surface area contributed by atoms with Gasteiger partial charge >= 0.3 is 5.97 Å². The second kappa shape index (κ2) is 6.26. The average molecular weight is 271 g/mol. The lowest BCUT2D eigenvalue weighted by Crippen LogP contribution is -2.38. The highest BCUT2D eigenvalue weighted by molar-refractivity contribution is 5.83. The molecule has 4 nitrogen and oxygen atoms in total. The number of carboxylic acids is 1. The summed E-state index contributed by atoms with van der Waals surface area (Å²) in [5.74, 6) is -3.51. The van der Waals surface area contributed by atoms with Crippen molar-refractivity contribution in [2.75, 3.05) is 0 Å². The molecule has 0 saturated heterocycles. The van der Waals surface area contributed by atoms with Crippen molar-refractivity contribution in [2.24, 2.45) is 0 Å². The fourth-order valence-electron chi connectivity index (χ4n) is 1.65. The summed E-state index contributed by atoms with van der Waals surface area (Å²) in [6.45, 7) is 2.95. The highest BCUT2D eigenvalue weighted by Crippen LogP contribution is 2.22. The summed E-state index contributed by atoms with van der Waals surface area (Å²) in [6.07, 6.45) is -0.0693. The van der Waals surface area contributed by atoms with Crippen LogP contribution in [0.2, 0.25) is 0 Å². The molecule has 0 heterocycles. The van der Waals surface area contributed by atoms with Crippen molar-refractivity contribution in [2.45, 2.75) is 32.2 Å². The zero-order valence-electron chi connectivity index (χ0n) is 10.6. The third kappa shape index (κ3) is 4.31. The number of amides is 1. The quantitative estimate of drug-likeness (QED) is 0.861. The Morgan fingerprint density at radius 1 is 1.32 bits per heavy atom. The number of carbonyl (C=O) groups is 2. The Morgan fingerprint density at radius 3 is 2.47 bits per heavy atom. The Hall–Kier alpha value is -1.98.